The molecule has 1 aliphatic heterocycles. The van der Waals surface area contributed by atoms with Gasteiger partial charge in [0.25, 0.3) is 5.91 Å². The van der Waals surface area contributed by atoms with Crippen molar-refractivity contribution in [1.29, 1.82) is 5.26 Å². The number of carbonyl (C=O) groups is 2. The Hall–Kier alpha value is -3.26. The molecule has 0 saturated heterocycles. The Kier molecular flexibility index (Phi) is 9.49. The quantitative estimate of drug-likeness (QED) is 0.286. The highest BCUT2D eigenvalue weighted by Crippen LogP contribution is 2.50. The van der Waals surface area contributed by atoms with E-state index in [1.165, 1.54) is 0 Å². The molecule has 0 spiro atoms. The molecule has 1 saturated carbocycles. The summed E-state index contributed by atoms with van der Waals surface area (Å²) in [7, 11) is -3.59. The molecule has 3 aromatic carbocycles. The minimum Gasteiger partial charge on any atom is -0.326 e. The zero-order chi connectivity index (χ0) is 31.6. The van der Waals surface area contributed by atoms with Gasteiger partial charge in [-0.1, -0.05) is 72.4 Å². The monoisotopic (exact) mass is 652 g/mol. The second-order valence-electron chi connectivity index (χ2n) is 11.7. The van der Waals surface area contributed by atoms with E-state index in [2.05, 4.69) is 16.1 Å². The number of hydrogen-bond acceptors (Lipinski definition) is 6. The minimum atomic E-state index is -3.59. The van der Waals surface area contributed by atoms with Crippen LogP contribution in [0.1, 0.15) is 77.3 Å². The fraction of sp³-hybridized carbons (Fsp3) is 0.364. The maximum Gasteiger partial charge on any atom is 0.255 e. The molecule has 2 N–H and O–H groups in total. The predicted octanol–water partition coefficient (Wildman–Crippen LogP) is 5.71. The van der Waals surface area contributed by atoms with Gasteiger partial charge in [-0.3, -0.25) is 4.79 Å². The van der Waals surface area contributed by atoms with E-state index in [1.54, 1.807) is 59.5 Å². The smallest absolute Gasteiger partial charge is 0.255 e. The highest BCUT2D eigenvalue weighted by molar-refractivity contribution is 7.88. The first-order chi connectivity index (χ1) is 21.0. The Labute approximate surface area is 268 Å². The van der Waals surface area contributed by atoms with Crippen LogP contribution in [0.25, 0.3) is 0 Å². The first-order valence-corrected chi connectivity index (χ1v) is 17.2. The van der Waals surface area contributed by atoms with Gasteiger partial charge in [0.15, 0.2) is 0 Å². The molecular weight excluding hydrogens is 619 g/mol. The van der Waals surface area contributed by atoms with E-state index in [-0.39, 0.29) is 18.5 Å². The Morgan fingerprint density at radius 1 is 1.09 bits per heavy atom. The maximum absolute atomic E-state index is 14.5. The number of amides is 1. The third kappa shape index (κ3) is 6.28. The van der Waals surface area contributed by atoms with Crippen molar-refractivity contribution in [1.82, 2.24) is 14.9 Å². The second-order valence-corrected chi connectivity index (χ2v) is 14.3. The summed E-state index contributed by atoms with van der Waals surface area (Å²) in [5, 5.41) is 13.5. The van der Waals surface area contributed by atoms with Crippen LogP contribution in [0.15, 0.2) is 66.7 Å². The van der Waals surface area contributed by atoms with Crippen LogP contribution in [0.2, 0.25) is 10.0 Å². The lowest BCUT2D eigenvalue weighted by Gasteiger charge is -2.53. The van der Waals surface area contributed by atoms with Crippen LogP contribution in [0, 0.1) is 11.3 Å². The number of hydrogen-bond donors (Lipinski definition) is 2. The van der Waals surface area contributed by atoms with Crippen molar-refractivity contribution in [3.63, 3.8) is 0 Å². The standard InChI is InChI=1S/C33H34Cl2N4O4S/c1-21(23-13-11-22(18-36)12-14-23)37-19-33(20-40)27-8-4-3-7-25(27)32(41)39(31(33)26-16-15-24(34)17-28(26)35)30-10-6-5-9-29(30)38-44(2,42)43/h3-4,7-8,11-17,20-21,29-31,37-38H,5-6,9-10,19H2,1-2H3/t21?,29-,30-,31-,33?/m0/s1. The van der Waals surface area contributed by atoms with Gasteiger partial charge in [0, 0.05) is 40.3 Å². The molecule has 1 heterocycles. The van der Waals surface area contributed by atoms with E-state index in [4.69, 9.17) is 23.2 Å². The molecule has 2 unspecified atom stereocenters. The van der Waals surface area contributed by atoms with Crippen LogP contribution in [0.3, 0.4) is 0 Å². The number of carbonyl (C=O) groups excluding carboxylic acids is 2. The van der Waals surface area contributed by atoms with E-state index >= 15 is 0 Å². The number of aldehydes is 1. The first-order valence-electron chi connectivity index (χ1n) is 14.5. The number of nitrogens with zero attached hydrogens (tertiary/aromatic N) is 2. The lowest BCUT2D eigenvalue weighted by Crippen LogP contribution is -2.63. The van der Waals surface area contributed by atoms with Crippen molar-refractivity contribution in [3.8, 4) is 6.07 Å². The molecule has 3 aromatic rings. The molecule has 1 aliphatic carbocycles. The summed E-state index contributed by atoms with van der Waals surface area (Å²) in [4.78, 5) is 29.9. The molecular formula is C33H34Cl2N4O4S. The van der Waals surface area contributed by atoms with E-state index in [9.17, 15) is 23.3 Å². The van der Waals surface area contributed by atoms with Gasteiger partial charge in [-0.15, -0.1) is 0 Å². The summed E-state index contributed by atoms with van der Waals surface area (Å²) in [5.41, 5.74) is 1.65. The van der Waals surface area contributed by atoms with E-state index < -0.39 is 33.6 Å². The van der Waals surface area contributed by atoms with Crippen molar-refractivity contribution in [2.45, 2.75) is 62.2 Å². The maximum atomic E-state index is 14.5. The minimum absolute atomic E-state index is 0.138. The van der Waals surface area contributed by atoms with E-state index in [0.29, 0.717) is 45.1 Å². The molecule has 2 aliphatic rings. The molecule has 44 heavy (non-hydrogen) atoms. The normalized spacial score (nSPS) is 24.3. The van der Waals surface area contributed by atoms with Crippen molar-refractivity contribution in [3.05, 3.63) is 105 Å². The van der Waals surface area contributed by atoms with Crippen LogP contribution in [0.4, 0.5) is 0 Å². The predicted molar refractivity (Wildman–Crippen MR) is 171 cm³/mol. The van der Waals surface area contributed by atoms with Gasteiger partial charge < -0.3 is 15.0 Å². The summed E-state index contributed by atoms with van der Waals surface area (Å²) in [6.07, 6.45) is 4.70. The van der Waals surface area contributed by atoms with Crippen LogP contribution >= 0.6 is 23.2 Å². The molecule has 230 valence electrons. The van der Waals surface area contributed by atoms with Gasteiger partial charge >= 0.3 is 0 Å². The molecule has 11 heteroatoms. The highest BCUT2D eigenvalue weighted by Gasteiger charge is 2.55. The summed E-state index contributed by atoms with van der Waals surface area (Å²) in [6.45, 7) is 2.11. The molecule has 5 atom stereocenters. The molecule has 0 bridgehead atoms. The molecule has 8 nitrogen and oxygen atoms in total. The van der Waals surface area contributed by atoms with Gasteiger partial charge in [-0.2, -0.15) is 5.26 Å². The Morgan fingerprint density at radius 2 is 1.80 bits per heavy atom. The van der Waals surface area contributed by atoms with Gasteiger partial charge in [-0.05, 0) is 66.8 Å². The molecule has 0 aromatic heterocycles. The summed E-state index contributed by atoms with van der Waals surface area (Å²) in [6, 6.07) is 19.3. The Balaban J connectivity index is 1.69. The third-order valence-electron chi connectivity index (χ3n) is 8.82. The number of nitrogens with one attached hydrogen (secondary N) is 2. The van der Waals surface area contributed by atoms with Crippen LogP contribution < -0.4 is 10.0 Å². The van der Waals surface area contributed by atoms with Gasteiger partial charge in [-0.25, -0.2) is 13.1 Å². The fourth-order valence-corrected chi connectivity index (χ4v) is 8.06. The molecule has 1 fully saturated rings. The average Bonchev–Trinajstić information content (AvgIpc) is 3.00. The Morgan fingerprint density at radius 3 is 2.45 bits per heavy atom. The largest absolute Gasteiger partial charge is 0.326 e. The number of rotatable bonds is 9. The van der Waals surface area contributed by atoms with Gasteiger partial charge in [0.2, 0.25) is 10.0 Å². The second kappa shape index (κ2) is 13.0. The van der Waals surface area contributed by atoms with Crippen LogP contribution in [0.5, 0.6) is 0 Å². The van der Waals surface area contributed by atoms with Crippen molar-refractivity contribution >= 4 is 45.4 Å². The van der Waals surface area contributed by atoms with Crippen molar-refractivity contribution in [2.24, 2.45) is 0 Å². The SMILES string of the molecule is CC(NCC1(C=O)c2ccccc2C(=O)N([C@H]2CCCC[C@@H]2NS(C)(=O)=O)[C@H]1c1ccc(Cl)cc1Cl)c1ccc(C#N)cc1. The average molecular weight is 654 g/mol. The lowest BCUT2D eigenvalue weighted by molar-refractivity contribution is -0.116. The molecule has 1 amide bonds. The van der Waals surface area contributed by atoms with Crippen molar-refractivity contribution in [2.75, 3.05) is 12.8 Å². The fourth-order valence-electron chi connectivity index (χ4n) is 6.72. The van der Waals surface area contributed by atoms with E-state index in [0.717, 1.165) is 30.9 Å². The summed E-state index contributed by atoms with van der Waals surface area (Å²) >= 11 is 13.2. The first kappa shape index (κ1) is 32.1. The zero-order valence-corrected chi connectivity index (χ0v) is 26.8. The number of nitriles is 1. The summed E-state index contributed by atoms with van der Waals surface area (Å²) < 4.78 is 27.7. The number of sulfonamides is 1. The third-order valence-corrected chi connectivity index (χ3v) is 10.1. The summed E-state index contributed by atoms with van der Waals surface area (Å²) in [5.74, 6) is -0.290. The molecule has 0 radical (unpaired) electrons. The van der Waals surface area contributed by atoms with Crippen LogP contribution in [-0.2, 0) is 20.2 Å². The zero-order valence-electron chi connectivity index (χ0n) is 24.5. The number of halogens is 2. The lowest BCUT2D eigenvalue weighted by atomic mass is 9.66. The highest BCUT2D eigenvalue weighted by atomic mass is 35.5. The topological polar surface area (TPSA) is 119 Å². The van der Waals surface area contributed by atoms with Crippen molar-refractivity contribution < 1.29 is 18.0 Å². The van der Waals surface area contributed by atoms with Gasteiger partial charge in [0.05, 0.1) is 29.3 Å². The van der Waals surface area contributed by atoms with Gasteiger partial charge in [0.1, 0.15) is 6.29 Å². The number of benzene rings is 3. The number of fused-ring (bicyclic) bond motifs is 1. The van der Waals surface area contributed by atoms with Crippen LogP contribution in [-0.4, -0.2) is 50.4 Å². The Bertz CT molecular complexity index is 1710. The van der Waals surface area contributed by atoms with E-state index in [1.807, 2.05) is 19.1 Å². The molecule has 5 rings (SSSR count).